The van der Waals surface area contributed by atoms with Gasteiger partial charge < -0.3 is 0 Å². The average Bonchev–Trinajstić information content (AvgIpc) is 2.73. The highest BCUT2D eigenvalue weighted by molar-refractivity contribution is 5.74. The van der Waals surface area contributed by atoms with Crippen molar-refractivity contribution in [3.63, 3.8) is 0 Å². The van der Waals surface area contributed by atoms with Crippen LogP contribution in [0.5, 0.6) is 0 Å². The first-order chi connectivity index (χ1) is 14.3. The summed E-state index contributed by atoms with van der Waals surface area (Å²) in [5.74, 6) is 0.832. The van der Waals surface area contributed by atoms with Gasteiger partial charge in [-0.3, -0.25) is 5.01 Å². The van der Waals surface area contributed by atoms with Gasteiger partial charge >= 0.3 is 0 Å². The molecule has 0 N–H and O–H groups in total. The number of hydrogen-bond acceptors (Lipinski definition) is 5. The highest BCUT2D eigenvalue weighted by Crippen LogP contribution is 2.41. The molecular formula is C25H31N5. The lowest BCUT2D eigenvalue weighted by Gasteiger charge is -2.56. The van der Waals surface area contributed by atoms with Crippen LogP contribution in [-0.4, -0.2) is 38.3 Å². The molecule has 0 spiro atoms. The highest BCUT2D eigenvalue weighted by atomic mass is 15.7. The summed E-state index contributed by atoms with van der Waals surface area (Å²) in [5, 5.41) is 13.4. The van der Waals surface area contributed by atoms with Crippen LogP contribution in [0.1, 0.15) is 47.0 Å². The number of aromatic nitrogens is 3. The molecule has 0 atom stereocenters. The van der Waals surface area contributed by atoms with E-state index in [0.29, 0.717) is 0 Å². The molecule has 2 aromatic heterocycles. The molecule has 0 saturated carbocycles. The normalized spacial score (nSPS) is 18.2. The van der Waals surface area contributed by atoms with E-state index in [1.54, 1.807) is 6.20 Å². The van der Waals surface area contributed by atoms with E-state index in [1.807, 2.05) is 36.4 Å². The summed E-state index contributed by atoms with van der Waals surface area (Å²) in [4.78, 5) is 4.96. The van der Waals surface area contributed by atoms with Gasteiger partial charge in [0, 0.05) is 29.3 Å². The molecule has 0 unspecified atom stereocenters. The summed E-state index contributed by atoms with van der Waals surface area (Å²) in [7, 11) is 2.10. The highest BCUT2D eigenvalue weighted by Gasteiger charge is 2.44. The van der Waals surface area contributed by atoms with Crippen molar-refractivity contribution in [1.82, 2.24) is 20.2 Å². The van der Waals surface area contributed by atoms with E-state index in [9.17, 15) is 0 Å². The van der Waals surface area contributed by atoms with Gasteiger partial charge in [0.05, 0.1) is 17.6 Å². The minimum atomic E-state index is 0.0323. The third-order valence-corrected chi connectivity index (χ3v) is 6.13. The van der Waals surface area contributed by atoms with E-state index in [4.69, 9.17) is 4.98 Å². The molecular weight excluding hydrogens is 370 g/mol. The zero-order valence-corrected chi connectivity index (χ0v) is 18.6. The van der Waals surface area contributed by atoms with Gasteiger partial charge in [0.25, 0.3) is 0 Å². The quantitative estimate of drug-likeness (QED) is 0.569. The maximum Gasteiger partial charge on any atom is 0.174 e. The zero-order chi connectivity index (χ0) is 21.4. The third kappa shape index (κ3) is 3.82. The summed E-state index contributed by atoms with van der Waals surface area (Å²) in [6.07, 6.45) is 5.28. The van der Waals surface area contributed by atoms with E-state index in [1.165, 1.54) is 6.42 Å². The minimum absolute atomic E-state index is 0.0323. The maximum absolute atomic E-state index is 4.96. The Labute approximate surface area is 179 Å². The van der Waals surface area contributed by atoms with E-state index in [-0.39, 0.29) is 11.1 Å². The number of pyridine rings is 1. The van der Waals surface area contributed by atoms with Crippen molar-refractivity contribution in [3.05, 3.63) is 60.8 Å². The van der Waals surface area contributed by atoms with Crippen LogP contribution in [0.3, 0.4) is 0 Å². The SMILES string of the molecule is CN(c1nnccc1-c1cccc(-c2ccccc2)n1)N1C(C)(C)CCCC1(C)C. The first kappa shape index (κ1) is 20.5. The molecule has 1 aliphatic rings. The first-order valence-corrected chi connectivity index (χ1v) is 10.7. The Bertz CT molecular complexity index is 997. The molecule has 0 bridgehead atoms. The summed E-state index contributed by atoms with van der Waals surface area (Å²) in [6.45, 7) is 9.26. The Balaban J connectivity index is 1.77. The first-order valence-electron chi connectivity index (χ1n) is 10.7. The Morgan fingerprint density at radius 3 is 2.20 bits per heavy atom. The molecule has 4 rings (SSSR count). The average molecular weight is 402 g/mol. The maximum atomic E-state index is 4.96. The van der Waals surface area contributed by atoms with Gasteiger partial charge in [-0.2, -0.15) is 5.10 Å². The van der Waals surface area contributed by atoms with Crippen LogP contribution in [0.2, 0.25) is 0 Å². The number of hydrazine groups is 1. The van der Waals surface area contributed by atoms with E-state index in [0.717, 1.165) is 41.2 Å². The molecule has 1 saturated heterocycles. The van der Waals surface area contributed by atoms with Gasteiger partial charge in [0.15, 0.2) is 5.82 Å². The smallest absolute Gasteiger partial charge is 0.174 e. The Kier molecular flexibility index (Phi) is 5.33. The number of hydrogen-bond donors (Lipinski definition) is 0. The number of anilines is 1. The Morgan fingerprint density at radius 2 is 1.50 bits per heavy atom. The molecule has 0 radical (unpaired) electrons. The van der Waals surface area contributed by atoms with Crippen molar-refractivity contribution in [2.24, 2.45) is 0 Å². The van der Waals surface area contributed by atoms with Crippen LogP contribution in [0.4, 0.5) is 5.82 Å². The third-order valence-electron chi connectivity index (χ3n) is 6.13. The van der Waals surface area contributed by atoms with Gasteiger partial charge in [-0.1, -0.05) is 36.4 Å². The second-order valence-electron chi connectivity index (χ2n) is 9.36. The molecule has 1 aromatic carbocycles. The van der Waals surface area contributed by atoms with Crippen LogP contribution in [0.25, 0.3) is 22.5 Å². The monoisotopic (exact) mass is 401 g/mol. The molecule has 30 heavy (non-hydrogen) atoms. The lowest BCUT2D eigenvalue weighted by Crippen LogP contribution is -2.65. The molecule has 3 heterocycles. The van der Waals surface area contributed by atoms with Crippen LogP contribution in [0, 0.1) is 0 Å². The molecule has 5 nitrogen and oxygen atoms in total. The van der Waals surface area contributed by atoms with Crippen molar-refractivity contribution >= 4 is 5.82 Å². The topological polar surface area (TPSA) is 45.2 Å². The van der Waals surface area contributed by atoms with E-state index in [2.05, 4.69) is 73.2 Å². The van der Waals surface area contributed by atoms with Gasteiger partial charge in [-0.15, -0.1) is 5.10 Å². The summed E-state index contributed by atoms with van der Waals surface area (Å²) in [5.41, 5.74) is 4.02. The Hall–Kier alpha value is -2.79. The lowest BCUT2D eigenvalue weighted by molar-refractivity contribution is -0.0331. The van der Waals surface area contributed by atoms with Crippen molar-refractivity contribution in [3.8, 4) is 22.5 Å². The van der Waals surface area contributed by atoms with Crippen molar-refractivity contribution in [2.45, 2.75) is 58.0 Å². The molecule has 5 heteroatoms. The van der Waals surface area contributed by atoms with Crippen LogP contribution in [-0.2, 0) is 0 Å². The van der Waals surface area contributed by atoms with E-state index < -0.39 is 0 Å². The number of benzene rings is 1. The van der Waals surface area contributed by atoms with Gasteiger partial charge in [0.1, 0.15) is 0 Å². The van der Waals surface area contributed by atoms with Crippen molar-refractivity contribution in [1.29, 1.82) is 0 Å². The molecule has 0 amide bonds. The Morgan fingerprint density at radius 1 is 0.833 bits per heavy atom. The zero-order valence-electron chi connectivity index (χ0n) is 18.6. The molecule has 0 aliphatic carbocycles. The van der Waals surface area contributed by atoms with Crippen LogP contribution < -0.4 is 5.01 Å². The second-order valence-corrected chi connectivity index (χ2v) is 9.36. The van der Waals surface area contributed by atoms with Crippen LogP contribution in [0.15, 0.2) is 60.8 Å². The van der Waals surface area contributed by atoms with Crippen LogP contribution >= 0.6 is 0 Å². The molecule has 1 fully saturated rings. The van der Waals surface area contributed by atoms with Crippen molar-refractivity contribution < 1.29 is 0 Å². The largest absolute Gasteiger partial charge is 0.290 e. The summed E-state index contributed by atoms with van der Waals surface area (Å²) in [6, 6.07) is 18.4. The van der Waals surface area contributed by atoms with Gasteiger partial charge in [-0.25, -0.2) is 9.99 Å². The second kappa shape index (κ2) is 7.80. The predicted octanol–water partition coefficient (Wildman–Crippen LogP) is 5.60. The molecule has 1 aliphatic heterocycles. The minimum Gasteiger partial charge on any atom is -0.290 e. The standard InChI is InChI=1S/C25H31N5/c1-24(2)16-10-17-25(3,4)30(24)29(5)23-20(15-18-26-28-23)22-14-9-13-21(27-22)19-11-7-6-8-12-19/h6-9,11-15,18H,10,16-17H2,1-5H3. The summed E-state index contributed by atoms with van der Waals surface area (Å²) >= 11 is 0. The fraction of sp³-hybridized carbons (Fsp3) is 0.400. The lowest BCUT2D eigenvalue weighted by atomic mass is 9.81. The van der Waals surface area contributed by atoms with Crippen molar-refractivity contribution in [2.75, 3.05) is 12.1 Å². The van der Waals surface area contributed by atoms with Gasteiger partial charge in [-0.05, 0) is 65.2 Å². The summed E-state index contributed by atoms with van der Waals surface area (Å²) < 4.78 is 0. The number of piperidine rings is 1. The predicted molar refractivity (Wildman–Crippen MR) is 123 cm³/mol. The fourth-order valence-corrected chi connectivity index (χ4v) is 5.01. The number of rotatable bonds is 4. The molecule has 3 aromatic rings. The number of nitrogens with zero attached hydrogens (tertiary/aromatic N) is 5. The fourth-order valence-electron chi connectivity index (χ4n) is 5.01. The molecule has 156 valence electrons. The van der Waals surface area contributed by atoms with E-state index >= 15 is 0 Å². The van der Waals surface area contributed by atoms with Gasteiger partial charge in [0.2, 0.25) is 0 Å².